The van der Waals surface area contributed by atoms with Crippen LogP contribution in [-0.4, -0.2) is 30.7 Å². The zero-order valence-corrected chi connectivity index (χ0v) is 18.9. The summed E-state index contributed by atoms with van der Waals surface area (Å²) in [5, 5.41) is 0. The monoisotopic (exact) mass is 354 g/mol. The Kier molecular flexibility index (Phi) is 16.1. The molecule has 0 aliphatic carbocycles. The summed E-state index contributed by atoms with van der Waals surface area (Å²) in [7, 11) is 0. The van der Waals surface area contributed by atoms with E-state index in [4.69, 9.17) is 0 Å². The lowest BCUT2D eigenvalue weighted by Crippen LogP contribution is -2.49. The number of hydrogen-bond donors (Lipinski definition) is 0. The molecule has 0 radical (unpaired) electrons. The van der Waals surface area contributed by atoms with Gasteiger partial charge in [-0.05, 0) is 51.4 Å². The topological polar surface area (TPSA) is 0 Å². The van der Waals surface area contributed by atoms with Gasteiger partial charge in [0.1, 0.15) is 0 Å². The van der Waals surface area contributed by atoms with Crippen molar-refractivity contribution in [2.45, 2.75) is 119 Å². The number of rotatable bonds is 18. The Morgan fingerprint density at radius 2 is 0.800 bits per heavy atom. The first-order chi connectivity index (χ1) is 12.0. The average Bonchev–Trinajstić information content (AvgIpc) is 2.58. The third-order valence-electron chi connectivity index (χ3n) is 6.17. The zero-order valence-electron chi connectivity index (χ0n) is 18.9. The van der Waals surface area contributed by atoms with Crippen molar-refractivity contribution in [1.82, 2.24) is 0 Å². The van der Waals surface area contributed by atoms with Crippen LogP contribution in [0.4, 0.5) is 0 Å². The van der Waals surface area contributed by atoms with Crippen molar-refractivity contribution in [1.29, 1.82) is 0 Å². The highest BCUT2D eigenvalue weighted by atomic mass is 15.3. The minimum absolute atomic E-state index is 0.884. The van der Waals surface area contributed by atoms with Crippen LogP contribution in [0.15, 0.2) is 0 Å². The third-order valence-corrected chi connectivity index (χ3v) is 6.17. The molecule has 25 heavy (non-hydrogen) atoms. The predicted molar refractivity (Wildman–Crippen MR) is 116 cm³/mol. The van der Waals surface area contributed by atoms with E-state index in [1.54, 1.807) is 0 Å². The first-order valence-corrected chi connectivity index (χ1v) is 11.8. The molecule has 152 valence electrons. The minimum atomic E-state index is 0.884. The average molecular weight is 355 g/mol. The van der Waals surface area contributed by atoms with E-state index in [9.17, 15) is 0 Å². The molecule has 0 spiro atoms. The van der Waals surface area contributed by atoms with Gasteiger partial charge >= 0.3 is 0 Å². The van der Waals surface area contributed by atoms with E-state index in [1.165, 1.54) is 108 Å². The fourth-order valence-electron chi connectivity index (χ4n) is 4.03. The van der Waals surface area contributed by atoms with Gasteiger partial charge in [0.25, 0.3) is 0 Å². The van der Waals surface area contributed by atoms with Gasteiger partial charge in [-0.1, -0.05) is 79.1 Å². The van der Waals surface area contributed by atoms with Crippen LogP contribution in [0.1, 0.15) is 119 Å². The molecule has 1 nitrogen and oxygen atoms in total. The summed E-state index contributed by atoms with van der Waals surface area (Å²) >= 11 is 0. The van der Waals surface area contributed by atoms with Crippen LogP contribution < -0.4 is 0 Å². The molecule has 0 amide bonds. The van der Waals surface area contributed by atoms with Crippen molar-refractivity contribution < 1.29 is 4.48 Å². The highest BCUT2D eigenvalue weighted by molar-refractivity contribution is 4.52. The number of hydrogen-bond acceptors (Lipinski definition) is 0. The molecule has 0 unspecified atom stereocenters. The Hall–Kier alpha value is -0.0400. The highest BCUT2D eigenvalue weighted by Crippen LogP contribution is 2.16. The van der Waals surface area contributed by atoms with E-state index in [-0.39, 0.29) is 0 Å². The molecule has 0 N–H and O–H groups in total. The van der Waals surface area contributed by atoms with Crippen molar-refractivity contribution in [2.75, 3.05) is 26.2 Å². The molecule has 0 bridgehead atoms. The second kappa shape index (κ2) is 16.2. The standard InChI is InChI=1S/C24H52N/c1-7-25(8-2,21-17-13-9-11-15-19-23(3)4)22-18-14-10-12-16-20-24(5)6/h23-24H,7-22H2,1-6H3/q+1. The number of nitrogens with zero attached hydrogens (tertiary/aromatic N) is 1. The lowest BCUT2D eigenvalue weighted by atomic mass is 10.0. The molecular formula is C24H52N+. The van der Waals surface area contributed by atoms with Crippen molar-refractivity contribution >= 4 is 0 Å². The van der Waals surface area contributed by atoms with E-state index in [0.717, 1.165) is 11.8 Å². The maximum Gasteiger partial charge on any atom is 0.0786 e. The normalized spacial score (nSPS) is 12.5. The van der Waals surface area contributed by atoms with E-state index >= 15 is 0 Å². The maximum atomic E-state index is 2.41. The minimum Gasteiger partial charge on any atom is -0.324 e. The Balaban J connectivity index is 3.77. The molecule has 0 rings (SSSR count). The summed E-state index contributed by atoms with van der Waals surface area (Å²) in [4.78, 5) is 0. The quantitative estimate of drug-likeness (QED) is 0.174. The van der Waals surface area contributed by atoms with Crippen LogP contribution >= 0.6 is 0 Å². The van der Waals surface area contributed by atoms with E-state index in [2.05, 4.69) is 41.5 Å². The van der Waals surface area contributed by atoms with Gasteiger partial charge in [-0.2, -0.15) is 0 Å². The van der Waals surface area contributed by atoms with Gasteiger partial charge in [0.15, 0.2) is 0 Å². The molecule has 0 aromatic rings. The molecule has 0 aliphatic rings. The molecule has 0 aliphatic heterocycles. The SMILES string of the molecule is CC[N+](CC)(CCCCCCCC(C)C)CCCCCCCC(C)C. The summed E-state index contributed by atoms with van der Waals surface area (Å²) in [5.74, 6) is 1.77. The largest absolute Gasteiger partial charge is 0.324 e. The van der Waals surface area contributed by atoms with Gasteiger partial charge in [0, 0.05) is 0 Å². The second-order valence-electron chi connectivity index (χ2n) is 9.32. The van der Waals surface area contributed by atoms with Crippen LogP contribution in [0, 0.1) is 11.8 Å². The summed E-state index contributed by atoms with van der Waals surface area (Å²) in [5.41, 5.74) is 0. The second-order valence-corrected chi connectivity index (χ2v) is 9.32. The predicted octanol–water partition coefficient (Wildman–Crippen LogP) is 7.84. The summed E-state index contributed by atoms with van der Waals surface area (Å²) in [6.45, 7) is 19.7. The van der Waals surface area contributed by atoms with Crippen molar-refractivity contribution in [3.05, 3.63) is 0 Å². The van der Waals surface area contributed by atoms with Crippen molar-refractivity contribution in [3.8, 4) is 0 Å². The van der Waals surface area contributed by atoms with Gasteiger partial charge in [-0.3, -0.25) is 0 Å². The smallest absolute Gasteiger partial charge is 0.0786 e. The van der Waals surface area contributed by atoms with E-state index in [0.29, 0.717) is 0 Å². The Morgan fingerprint density at radius 1 is 0.480 bits per heavy atom. The fraction of sp³-hybridized carbons (Fsp3) is 1.00. The van der Waals surface area contributed by atoms with Crippen LogP contribution in [0.5, 0.6) is 0 Å². The van der Waals surface area contributed by atoms with Gasteiger partial charge in [0.05, 0.1) is 26.2 Å². The highest BCUT2D eigenvalue weighted by Gasteiger charge is 2.21. The summed E-state index contributed by atoms with van der Waals surface area (Å²) < 4.78 is 1.37. The van der Waals surface area contributed by atoms with Gasteiger partial charge in [-0.25, -0.2) is 0 Å². The molecule has 0 saturated carbocycles. The van der Waals surface area contributed by atoms with Crippen molar-refractivity contribution in [2.24, 2.45) is 11.8 Å². The zero-order chi connectivity index (χ0) is 19.0. The molecule has 0 saturated heterocycles. The van der Waals surface area contributed by atoms with Crippen LogP contribution in [0.2, 0.25) is 0 Å². The molecular weight excluding hydrogens is 302 g/mol. The molecule has 1 heteroatoms. The fourth-order valence-corrected chi connectivity index (χ4v) is 4.03. The van der Waals surface area contributed by atoms with Gasteiger partial charge in [-0.15, -0.1) is 0 Å². The molecule has 0 aromatic carbocycles. The van der Waals surface area contributed by atoms with Crippen LogP contribution in [-0.2, 0) is 0 Å². The molecule has 0 fully saturated rings. The van der Waals surface area contributed by atoms with Crippen LogP contribution in [0.3, 0.4) is 0 Å². The van der Waals surface area contributed by atoms with E-state index < -0.39 is 0 Å². The Bertz CT molecular complexity index is 241. The summed E-state index contributed by atoms with van der Waals surface area (Å²) in [6.07, 6.45) is 17.3. The lowest BCUT2D eigenvalue weighted by molar-refractivity contribution is -0.925. The van der Waals surface area contributed by atoms with Gasteiger partial charge in [0.2, 0.25) is 0 Å². The Labute approximate surface area is 161 Å². The summed E-state index contributed by atoms with van der Waals surface area (Å²) in [6, 6.07) is 0. The molecule has 0 atom stereocenters. The first-order valence-electron chi connectivity index (χ1n) is 11.8. The molecule has 0 heterocycles. The van der Waals surface area contributed by atoms with Crippen molar-refractivity contribution in [3.63, 3.8) is 0 Å². The Morgan fingerprint density at radius 3 is 1.12 bits per heavy atom. The number of unbranched alkanes of at least 4 members (excludes halogenated alkanes) is 8. The maximum absolute atomic E-state index is 2.41. The number of quaternary nitrogens is 1. The van der Waals surface area contributed by atoms with Crippen LogP contribution in [0.25, 0.3) is 0 Å². The lowest BCUT2D eigenvalue weighted by Gasteiger charge is -2.37. The third kappa shape index (κ3) is 14.8. The van der Waals surface area contributed by atoms with E-state index in [1.807, 2.05) is 0 Å². The first kappa shape index (κ1) is 25.0. The van der Waals surface area contributed by atoms with Gasteiger partial charge < -0.3 is 4.48 Å². The molecule has 0 aromatic heterocycles.